The van der Waals surface area contributed by atoms with Crippen LogP contribution in [0.5, 0.6) is 0 Å². The fourth-order valence-electron chi connectivity index (χ4n) is 6.26. The molecule has 41 heavy (non-hydrogen) atoms. The van der Waals surface area contributed by atoms with Gasteiger partial charge in [-0.3, -0.25) is 9.69 Å². The van der Waals surface area contributed by atoms with Crippen molar-refractivity contribution in [2.75, 3.05) is 26.2 Å². The van der Waals surface area contributed by atoms with Crippen LogP contribution >= 0.6 is 23.2 Å². The second kappa shape index (κ2) is 12.1. The quantitative estimate of drug-likeness (QED) is 0.357. The van der Waals surface area contributed by atoms with Crippen LogP contribution in [-0.2, 0) is 19.7 Å². The van der Waals surface area contributed by atoms with E-state index in [0.29, 0.717) is 26.0 Å². The number of nitriles is 1. The molecule has 1 N–H and O–H groups in total. The van der Waals surface area contributed by atoms with E-state index >= 15 is 8.78 Å². The zero-order valence-electron chi connectivity index (χ0n) is 24.1. The lowest BCUT2D eigenvalue weighted by molar-refractivity contribution is -0.138. The van der Waals surface area contributed by atoms with Gasteiger partial charge in [-0.2, -0.15) is 5.26 Å². The number of nitrogens with one attached hydrogen (secondary N) is 1. The molecule has 0 saturated carbocycles. The van der Waals surface area contributed by atoms with Gasteiger partial charge in [0.25, 0.3) is 0 Å². The summed E-state index contributed by atoms with van der Waals surface area (Å²) in [6, 6.07) is 10.2. The SMILES string of the molecule is CC(C)(C)C[C@@H]1CN(CC(=O)NCCC2COC(C)(C)O2)[C@H](c2cccc(Cl)c2F)[C@@]1(C#N)c1ccc(Cl)cc1F. The van der Waals surface area contributed by atoms with E-state index in [1.54, 1.807) is 17.0 Å². The van der Waals surface area contributed by atoms with Gasteiger partial charge in [0, 0.05) is 29.2 Å². The predicted octanol–water partition coefficient (Wildman–Crippen LogP) is 6.80. The van der Waals surface area contributed by atoms with Crippen LogP contribution in [0.3, 0.4) is 0 Å². The summed E-state index contributed by atoms with van der Waals surface area (Å²) >= 11 is 12.3. The lowest BCUT2D eigenvalue weighted by Crippen LogP contribution is -2.42. The van der Waals surface area contributed by atoms with Crippen molar-refractivity contribution in [2.45, 2.75) is 70.8 Å². The van der Waals surface area contributed by atoms with E-state index in [4.69, 9.17) is 32.7 Å². The lowest BCUT2D eigenvalue weighted by atomic mass is 9.63. The summed E-state index contributed by atoms with van der Waals surface area (Å²) < 4.78 is 42.8. The molecule has 6 nitrogen and oxygen atoms in total. The summed E-state index contributed by atoms with van der Waals surface area (Å²) in [4.78, 5) is 15.0. The molecule has 2 aromatic rings. The van der Waals surface area contributed by atoms with E-state index in [9.17, 15) is 10.1 Å². The Hall–Kier alpha value is -2.28. The van der Waals surface area contributed by atoms with Gasteiger partial charge in [0.2, 0.25) is 5.91 Å². The molecule has 0 spiro atoms. The van der Waals surface area contributed by atoms with Gasteiger partial charge in [0.05, 0.1) is 36.4 Å². The Morgan fingerprint density at radius 2 is 1.95 bits per heavy atom. The summed E-state index contributed by atoms with van der Waals surface area (Å²) in [7, 11) is 0. The Labute approximate surface area is 250 Å². The van der Waals surface area contributed by atoms with Crippen molar-refractivity contribution in [3.63, 3.8) is 0 Å². The Kier molecular flexibility index (Phi) is 9.37. The summed E-state index contributed by atoms with van der Waals surface area (Å²) in [6.45, 7) is 10.7. The van der Waals surface area contributed by atoms with E-state index in [-0.39, 0.29) is 51.7 Å². The molecule has 1 amide bonds. The van der Waals surface area contributed by atoms with Gasteiger partial charge in [0.15, 0.2) is 5.79 Å². The molecule has 4 atom stereocenters. The number of carbonyl (C=O) groups excluding carboxylic acids is 1. The van der Waals surface area contributed by atoms with E-state index in [1.807, 2.05) is 34.6 Å². The highest BCUT2D eigenvalue weighted by atomic mass is 35.5. The number of ether oxygens (including phenoxy) is 2. The number of nitrogens with zero attached hydrogens (tertiary/aromatic N) is 2. The maximum Gasteiger partial charge on any atom is 0.234 e. The van der Waals surface area contributed by atoms with Gasteiger partial charge in [-0.05, 0) is 56.2 Å². The van der Waals surface area contributed by atoms with Crippen molar-refractivity contribution in [3.05, 3.63) is 69.2 Å². The first kappa shape index (κ1) is 31.7. The highest BCUT2D eigenvalue weighted by molar-refractivity contribution is 6.31. The van der Waals surface area contributed by atoms with E-state index in [0.717, 1.165) is 0 Å². The van der Waals surface area contributed by atoms with Crippen molar-refractivity contribution >= 4 is 29.1 Å². The molecule has 4 rings (SSSR count). The first-order valence-corrected chi connectivity index (χ1v) is 14.6. The Balaban J connectivity index is 1.72. The van der Waals surface area contributed by atoms with E-state index < -0.39 is 34.8 Å². The number of hydrogen-bond donors (Lipinski definition) is 1. The predicted molar refractivity (Wildman–Crippen MR) is 155 cm³/mol. The Morgan fingerprint density at radius 3 is 2.56 bits per heavy atom. The molecule has 0 bridgehead atoms. The number of benzene rings is 2. The van der Waals surface area contributed by atoms with Crippen LogP contribution in [0.2, 0.25) is 10.0 Å². The maximum absolute atomic E-state index is 15.7. The average Bonchev–Trinajstić information content (AvgIpc) is 3.36. The van der Waals surface area contributed by atoms with Crippen molar-refractivity contribution in [1.29, 1.82) is 5.26 Å². The van der Waals surface area contributed by atoms with Gasteiger partial charge in [-0.25, -0.2) is 8.78 Å². The zero-order chi connectivity index (χ0) is 30.2. The topological polar surface area (TPSA) is 74.6 Å². The van der Waals surface area contributed by atoms with Crippen molar-refractivity contribution in [1.82, 2.24) is 10.2 Å². The molecule has 2 heterocycles. The molecule has 2 saturated heterocycles. The molecule has 2 aromatic carbocycles. The highest BCUT2D eigenvalue weighted by Gasteiger charge is 2.59. The third-order valence-corrected chi connectivity index (χ3v) is 8.32. The molecule has 2 aliphatic heterocycles. The van der Waals surface area contributed by atoms with Crippen molar-refractivity contribution in [3.8, 4) is 6.07 Å². The van der Waals surface area contributed by atoms with E-state index in [1.165, 1.54) is 24.3 Å². The second-order valence-corrected chi connectivity index (χ2v) is 13.5. The zero-order valence-corrected chi connectivity index (χ0v) is 25.6. The minimum Gasteiger partial charge on any atom is -0.355 e. The number of hydrogen-bond acceptors (Lipinski definition) is 5. The maximum atomic E-state index is 15.7. The molecule has 10 heteroatoms. The van der Waals surface area contributed by atoms with Gasteiger partial charge >= 0.3 is 0 Å². The molecule has 0 aromatic heterocycles. The first-order valence-electron chi connectivity index (χ1n) is 13.8. The monoisotopic (exact) mass is 607 g/mol. The first-order chi connectivity index (χ1) is 19.2. The fraction of sp³-hybridized carbons (Fsp3) is 0.548. The molecule has 2 fully saturated rings. The van der Waals surface area contributed by atoms with Crippen LogP contribution < -0.4 is 5.32 Å². The van der Waals surface area contributed by atoms with Crippen LogP contribution in [0.4, 0.5) is 8.78 Å². The molecular weight excluding hydrogens is 571 g/mol. The summed E-state index contributed by atoms with van der Waals surface area (Å²) in [5, 5.41) is 13.9. The van der Waals surface area contributed by atoms with Crippen LogP contribution in [0.1, 0.15) is 64.6 Å². The number of likely N-dealkylation sites (tertiary alicyclic amines) is 1. The Morgan fingerprint density at radius 1 is 1.22 bits per heavy atom. The summed E-state index contributed by atoms with van der Waals surface area (Å²) in [5.41, 5.74) is -1.53. The number of halogens is 4. The lowest BCUT2D eigenvalue weighted by Gasteiger charge is -2.38. The fourth-order valence-corrected chi connectivity index (χ4v) is 6.60. The average molecular weight is 609 g/mol. The molecule has 1 unspecified atom stereocenters. The molecule has 2 aliphatic rings. The van der Waals surface area contributed by atoms with Gasteiger partial charge in [0.1, 0.15) is 17.0 Å². The van der Waals surface area contributed by atoms with Gasteiger partial charge in [-0.1, -0.05) is 62.2 Å². The second-order valence-electron chi connectivity index (χ2n) is 12.6. The minimum atomic E-state index is -1.53. The number of rotatable bonds is 8. The molecular formula is C31H37Cl2F2N3O3. The number of amides is 1. The van der Waals surface area contributed by atoms with Crippen LogP contribution in [0.15, 0.2) is 36.4 Å². The van der Waals surface area contributed by atoms with Crippen molar-refractivity contribution in [2.24, 2.45) is 11.3 Å². The number of carbonyl (C=O) groups is 1. The molecule has 222 valence electrons. The largest absolute Gasteiger partial charge is 0.355 e. The highest BCUT2D eigenvalue weighted by Crippen LogP contribution is 2.56. The minimum absolute atomic E-state index is 0.115. The van der Waals surface area contributed by atoms with E-state index in [2.05, 4.69) is 11.4 Å². The van der Waals surface area contributed by atoms with Crippen LogP contribution in [0.25, 0.3) is 0 Å². The van der Waals surface area contributed by atoms with Gasteiger partial charge in [-0.15, -0.1) is 0 Å². The standard InChI is InChI=1S/C31H37Cl2F2N3O3/c1-29(2,3)14-19-15-38(16-26(39)37-12-11-21-17-40-30(4,5)41-21)28(22-7-6-8-24(33)27(22)35)31(19,18-36)23-10-9-20(32)13-25(23)34/h6-10,13,19,21,28H,11-12,14-17H2,1-5H3,(H,37,39)/t19-,21?,28-,31-/m1/s1. The normalized spacial score (nSPS) is 26.2. The van der Waals surface area contributed by atoms with Crippen LogP contribution in [0, 0.1) is 34.3 Å². The third kappa shape index (κ3) is 6.87. The van der Waals surface area contributed by atoms with Gasteiger partial charge < -0.3 is 14.8 Å². The smallest absolute Gasteiger partial charge is 0.234 e. The third-order valence-electron chi connectivity index (χ3n) is 7.79. The van der Waals surface area contributed by atoms with Crippen LogP contribution in [-0.4, -0.2) is 48.9 Å². The Bertz CT molecular complexity index is 1330. The molecule has 0 aliphatic carbocycles. The summed E-state index contributed by atoms with van der Waals surface area (Å²) in [6.07, 6.45) is 0.946. The van der Waals surface area contributed by atoms with Crippen molar-refractivity contribution < 1.29 is 23.0 Å². The summed E-state index contributed by atoms with van der Waals surface area (Å²) in [5.74, 6) is -2.74. The molecule has 0 radical (unpaired) electrons.